The van der Waals surface area contributed by atoms with Gasteiger partial charge >= 0.3 is 51.6 Å². The van der Waals surface area contributed by atoms with Crippen LogP contribution >= 0.6 is 22.6 Å². The van der Waals surface area contributed by atoms with Crippen LogP contribution in [0.1, 0.15) is 0 Å². The summed E-state index contributed by atoms with van der Waals surface area (Å²) in [5.41, 5.74) is 0. The van der Waals surface area contributed by atoms with E-state index in [1.165, 1.54) is 0 Å². The van der Waals surface area contributed by atoms with Gasteiger partial charge in [0.05, 0.1) is 0 Å². The second kappa shape index (κ2) is 7.42. The summed E-state index contributed by atoms with van der Waals surface area (Å²) in [7, 11) is 0. The van der Waals surface area contributed by atoms with Crippen LogP contribution in [0.15, 0.2) is 0 Å². The molecule has 0 aromatic carbocycles. The quantitative estimate of drug-likeness (QED) is 0.150. The lowest BCUT2D eigenvalue weighted by atomic mass is 9.88. The molecule has 0 aromatic heterocycles. The predicted molar refractivity (Wildman–Crippen MR) is 64.5 cm³/mol. The van der Waals surface area contributed by atoms with Crippen molar-refractivity contribution in [3.63, 3.8) is 0 Å². The Labute approximate surface area is 169 Å². The van der Waals surface area contributed by atoms with Crippen LogP contribution in [0.4, 0.5) is 87.8 Å². The van der Waals surface area contributed by atoms with Crippen LogP contribution in [0.25, 0.3) is 0 Å². The zero-order chi connectivity index (χ0) is 26.1. The van der Waals surface area contributed by atoms with Gasteiger partial charge in [0.15, 0.2) is 0 Å². The van der Waals surface area contributed by atoms with E-state index in [2.05, 4.69) is 0 Å². The summed E-state index contributed by atoms with van der Waals surface area (Å²) in [4.78, 5) is 0. The molecule has 1 atom stereocenters. The number of halogens is 21. The molecular weight excluding hydrogens is 627 g/mol. The Kier molecular flexibility index (Phi) is 7.26. The molecule has 0 aliphatic rings. The molecule has 0 N–H and O–H groups in total. The molecule has 31 heavy (non-hydrogen) atoms. The van der Waals surface area contributed by atoms with Crippen molar-refractivity contribution >= 4 is 22.6 Å². The van der Waals surface area contributed by atoms with Crippen LogP contribution in [-0.2, 0) is 0 Å². The van der Waals surface area contributed by atoms with Gasteiger partial charge < -0.3 is 0 Å². The van der Waals surface area contributed by atoms with Crippen LogP contribution in [0.3, 0.4) is 0 Å². The third-order valence-corrected chi connectivity index (χ3v) is 3.90. The minimum atomic E-state index is -8.94. The van der Waals surface area contributed by atoms with Gasteiger partial charge in [-0.2, -0.15) is 83.4 Å². The third kappa shape index (κ3) is 3.97. The van der Waals surface area contributed by atoms with Gasteiger partial charge in [-0.25, -0.2) is 4.39 Å². The van der Waals surface area contributed by atoms with E-state index in [1.54, 1.807) is 0 Å². The standard InChI is InChI=1S/C10HF20I/c11-1(3(14,15)31)2(12,13)4(16,17)5(18,19)6(20,21)7(22,23)8(24,25)9(26,27)10(28,29)30/h1H. The largest absolute Gasteiger partial charge is 0.460 e. The summed E-state index contributed by atoms with van der Waals surface area (Å²) < 4.78 is 249. The highest BCUT2D eigenvalue weighted by Crippen LogP contribution is 2.64. The molecule has 21 heteroatoms. The van der Waals surface area contributed by atoms with Crippen LogP contribution in [0.2, 0.25) is 0 Å². The van der Waals surface area contributed by atoms with Gasteiger partial charge in [0, 0.05) is 22.6 Å². The molecule has 0 spiro atoms. The minimum Gasteiger partial charge on any atom is -0.233 e. The van der Waals surface area contributed by atoms with E-state index < -0.39 is 80.3 Å². The molecule has 0 amide bonds. The summed E-state index contributed by atoms with van der Waals surface area (Å²) in [5, 5.41) is 0. The van der Waals surface area contributed by atoms with Crippen molar-refractivity contribution in [2.24, 2.45) is 0 Å². The molecule has 0 radical (unpaired) electrons. The smallest absolute Gasteiger partial charge is 0.233 e. The van der Waals surface area contributed by atoms with E-state index in [-0.39, 0.29) is 0 Å². The molecule has 0 saturated heterocycles. The van der Waals surface area contributed by atoms with E-state index in [4.69, 9.17) is 0 Å². The fraction of sp³-hybridized carbons (Fsp3) is 1.00. The summed E-state index contributed by atoms with van der Waals surface area (Å²) >= 11 is -0.781. The first-order valence-electron chi connectivity index (χ1n) is 6.33. The molecular formula is C10HF20I. The van der Waals surface area contributed by atoms with Gasteiger partial charge in [0.1, 0.15) is 0 Å². The van der Waals surface area contributed by atoms with E-state index >= 15 is 0 Å². The Morgan fingerprint density at radius 1 is 0.387 bits per heavy atom. The van der Waals surface area contributed by atoms with Gasteiger partial charge in [-0.15, -0.1) is 0 Å². The van der Waals surface area contributed by atoms with E-state index in [1.807, 2.05) is 0 Å². The van der Waals surface area contributed by atoms with Crippen molar-refractivity contribution < 1.29 is 87.8 Å². The average molecular weight is 628 g/mol. The van der Waals surface area contributed by atoms with Crippen LogP contribution in [0.5, 0.6) is 0 Å². The first-order chi connectivity index (χ1) is 12.9. The van der Waals surface area contributed by atoms with Crippen LogP contribution in [-0.4, -0.2) is 57.7 Å². The van der Waals surface area contributed by atoms with Crippen molar-refractivity contribution in [1.82, 2.24) is 0 Å². The monoisotopic (exact) mass is 628 g/mol. The van der Waals surface area contributed by atoms with Crippen molar-refractivity contribution in [3.05, 3.63) is 0 Å². The highest BCUT2D eigenvalue weighted by molar-refractivity contribution is 14.1. The zero-order valence-electron chi connectivity index (χ0n) is 13.0. The Hall–Kier alpha value is -0.670. The van der Waals surface area contributed by atoms with Crippen LogP contribution in [0, 0.1) is 0 Å². The van der Waals surface area contributed by atoms with E-state index in [9.17, 15) is 87.8 Å². The fourth-order valence-corrected chi connectivity index (χ4v) is 1.93. The fourth-order valence-electron chi connectivity index (χ4n) is 1.54. The lowest BCUT2D eigenvalue weighted by Gasteiger charge is -2.43. The number of hydrogen-bond donors (Lipinski definition) is 0. The third-order valence-electron chi connectivity index (χ3n) is 3.35. The van der Waals surface area contributed by atoms with E-state index in [0.29, 0.717) is 0 Å². The normalized spacial score (nSPS) is 17.7. The summed E-state index contributed by atoms with van der Waals surface area (Å²) in [6.07, 6.45) is -13.8. The molecule has 1 unspecified atom stereocenters. The molecule has 0 nitrogen and oxygen atoms in total. The molecule has 0 fully saturated rings. The highest BCUT2D eigenvalue weighted by Gasteiger charge is 2.96. The van der Waals surface area contributed by atoms with Gasteiger partial charge in [0.2, 0.25) is 6.17 Å². The lowest BCUT2D eigenvalue weighted by Crippen LogP contribution is -2.75. The second-order valence-corrected chi connectivity index (χ2v) is 6.91. The Bertz CT molecular complexity index is 652. The topological polar surface area (TPSA) is 0 Å². The van der Waals surface area contributed by atoms with Crippen molar-refractivity contribution in [2.45, 2.75) is 57.7 Å². The predicted octanol–water partition coefficient (Wildman–Crippen LogP) is 7.36. The maximum Gasteiger partial charge on any atom is 0.460 e. The molecule has 0 saturated carbocycles. The Morgan fingerprint density at radius 2 is 0.613 bits per heavy atom. The first kappa shape index (κ1) is 30.3. The number of rotatable bonds is 8. The maximum absolute atomic E-state index is 13.2. The minimum absolute atomic E-state index is 0.781. The first-order valence-corrected chi connectivity index (χ1v) is 7.40. The summed E-state index contributed by atoms with van der Waals surface area (Å²) in [5.74, 6) is -60.0. The van der Waals surface area contributed by atoms with Gasteiger partial charge in [-0.3, -0.25) is 0 Å². The number of alkyl halides is 21. The lowest BCUT2D eigenvalue weighted by molar-refractivity contribution is -0.464. The Morgan fingerprint density at radius 3 is 0.839 bits per heavy atom. The molecule has 0 rings (SSSR count). The summed E-state index contributed by atoms with van der Waals surface area (Å²) in [6.45, 7) is 0. The molecule has 0 bridgehead atoms. The molecule has 0 aromatic rings. The number of hydrogen-bond acceptors (Lipinski definition) is 0. The molecule has 0 heterocycles. The SMILES string of the molecule is FC(C(F)(F)I)C(F)(F)C(F)(F)C(F)(F)C(F)(F)C(F)(F)C(F)(F)C(F)(F)C(F)(F)F. The maximum atomic E-state index is 13.2. The molecule has 0 aliphatic heterocycles. The van der Waals surface area contributed by atoms with Gasteiger partial charge in [-0.05, 0) is 0 Å². The molecule has 188 valence electrons. The van der Waals surface area contributed by atoms with E-state index in [0.717, 1.165) is 0 Å². The van der Waals surface area contributed by atoms with Gasteiger partial charge in [-0.1, -0.05) is 0 Å². The van der Waals surface area contributed by atoms with Crippen molar-refractivity contribution in [1.29, 1.82) is 0 Å². The second-order valence-electron chi connectivity index (χ2n) is 5.47. The highest BCUT2D eigenvalue weighted by atomic mass is 127. The Balaban J connectivity index is 6.84. The van der Waals surface area contributed by atoms with Crippen LogP contribution < -0.4 is 0 Å². The molecule has 0 aliphatic carbocycles. The average Bonchev–Trinajstić information content (AvgIpc) is 2.50. The van der Waals surface area contributed by atoms with Gasteiger partial charge in [0.25, 0.3) is 0 Å². The van der Waals surface area contributed by atoms with Crippen molar-refractivity contribution in [2.75, 3.05) is 0 Å². The van der Waals surface area contributed by atoms with Crippen molar-refractivity contribution in [3.8, 4) is 0 Å². The summed E-state index contributed by atoms with van der Waals surface area (Å²) in [6, 6.07) is 0. The zero-order valence-corrected chi connectivity index (χ0v) is 15.2.